The van der Waals surface area contributed by atoms with Crippen LogP contribution in [0.3, 0.4) is 0 Å². The summed E-state index contributed by atoms with van der Waals surface area (Å²) in [6, 6.07) is 0. The maximum atomic E-state index is 2.73. The number of hydrogen-bond donors (Lipinski definition) is 0. The largest absolute Gasteiger partial charge is 0.0738 e. The highest BCUT2D eigenvalue weighted by Gasteiger charge is 2.70. The van der Waals surface area contributed by atoms with E-state index in [9.17, 15) is 0 Å². The zero-order chi connectivity index (χ0) is 17.8. The topological polar surface area (TPSA) is 0 Å². The fourth-order valence-electron chi connectivity index (χ4n) is 9.00. The van der Waals surface area contributed by atoms with Crippen LogP contribution in [0.4, 0.5) is 0 Å². The van der Waals surface area contributed by atoms with Crippen LogP contribution in [0.15, 0.2) is 11.1 Å². The molecule has 0 nitrogen and oxygen atoms in total. The molecule has 0 aromatic carbocycles. The van der Waals surface area contributed by atoms with E-state index in [1.54, 1.807) is 12.0 Å². The van der Waals surface area contributed by atoms with Crippen molar-refractivity contribution < 1.29 is 0 Å². The minimum absolute atomic E-state index is 0.597. The summed E-state index contributed by atoms with van der Waals surface area (Å²) in [4.78, 5) is 0. The molecule has 0 aromatic rings. The van der Waals surface area contributed by atoms with Crippen LogP contribution in [-0.2, 0) is 0 Å². The first-order valence-electron chi connectivity index (χ1n) is 11.4. The predicted octanol–water partition coefficient (Wildman–Crippen LogP) is 7.25. The van der Waals surface area contributed by atoms with Crippen molar-refractivity contribution in [3.8, 4) is 0 Å². The van der Waals surface area contributed by atoms with Gasteiger partial charge >= 0.3 is 0 Å². The van der Waals surface area contributed by atoms with E-state index in [0.717, 1.165) is 35.5 Å². The first kappa shape index (κ1) is 16.9. The molecule has 0 unspecified atom stereocenters. The van der Waals surface area contributed by atoms with Gasteiger partial charge in [0.15, 0.2) is 0 Å². The standard InChI is InChI=1S/C25H40/c1-15(2)17-9-10-23(4)11-12-24(5)13-18-16(3)7-8-19(18)25(6)14-20(25)22(24)21(17)23/h15,17,19-22H,7-14H2,1-6H3/t17-,19-,20-,21+,22+,23+,24-,25+/m1/s1. The zero-order valence-corrected chi connectivity index (χ0v) is 17.6. The maximum absolute atomic E-state index is 2.73. The summed E-state index contributed by atoms with van der Waals surface area (Å²) in [6.07, 6.45) is 11.9. The quantitative estimate of drug-likeness (QED) is 0.441. The molecular formula is C25H40. The molecule has 0 aromatic heterocycles. The Balaban J connectivity index is 1.62. The van der Waals surface area contributed by atoms with Gasteiger partial charge in [-0.1, -0.05) is 45.8 Å². The van der Waals surface area contributed by atoms with E-state index >= 15 is 0 Å². The van der Waals surface area contributed by atoms with Gasteiger partial charge in [0.05, 0.1) is 0 Å². The highest BCUT2D eigenvalue weighted by atomic mass is 14.7. The molecule has 5 rings (SSSR count). The lowest BCUT2D eigenvalue weighted by Gasteiger charge is -2.55. The molecule has 8 atom stereocenters. The smallest absolute Gasteiger partial charge is 0.0141 e. The average molecular weight is 341 g/mol. The SMILES string of the molecule is CC1=C2C[C@@]3(C)CC[C@]4(C)CC[C@H](C(C)C)[C@H]4[C@@H]3[C@H]3C[C@@]3(C)[C@@H]2CC1. The van der Waals surface area contributed by atoms with Gasteiger partial charge in [-0.25, -0.2) is 0 Å². The molecule has 25 heavy (non-hydrogen) atoms. The number of hydrogen-bond acceptors (Lipinski definition) is 0. The average Bonchev–Trinajstić information content (AvgIpc) is 2.90. The maximum Gasteiger partial charge on any atom is -0.0141 e. The van der Waals surface area contributed by atoms with Crippen LogP contribution in [-0.4, -0.2) is 0 Å². The second-order valence-corrected chi connectivity index (χ2v) is 12.2. The van der Waals surface area contributed by atoms with E-state index in [-0.39, 0.29) is 0 Å². The monoisotopic (exact) mass is 340 g/mol. The molecule has 0 heterocycles. The number of rotatable bonds is 1. The normalized spacial score (nSPS) is 57.0. The lowest BCUT2D eigenvalue weighted by atomic mass is 9.50. The third-order valence-electron chi connectivity index (χ3n) is 10.6. The summed E-state index contributed by atoms with van der Waals surface area (Å²) < 4.78 is 0. The molecule has 0 amide bonds. The van der Waals surface area contributed by atoms with E-state index in [0.29, 0.717) is 16.2 Å². The Bertz CT molecular complexity index is 626. The Morgan fingerprint density at radius 1 is 0.920 bits per heavy atom. The molecule has 4 saturated carbocycles. The van der Waals surface area contributed by atoms with Crippen molar-refractivity contribution in [3.05, 3.63) is 11.1 Å². The van der Waals surface area contributed by atoms with Crippen molar-refractivity contribution in [1.29, 1.82) is 0 Å². The van der Waals surface area contributed by atoms with Crippen molar-refractivity contribution in [3.63, 3.8) is 0 Å². The number of allylic oxidation sites excluding steroid dienone is 2. The predicted molar refractivity (Wildman–Crippen MR) is 106 cm³/mol. The molecule has 140 valence electrons. The summed E-state index contributed by atoms with van der Waals surface area (Å²) in [7, 11) is 0. The second kappa shape index (κ2) is 4.96. The molecule has 5 aliphatic carbocycles. The van der Waals surface area contributed by atoms with Gasteiger partial charge in [0, 0.05) is 0 Å². The third kappa shape index (κ3) is 2.06. The van der Waals surface area contributed by atoms with Crippen LogP contribution in [0.2, 0.25) is 0 Å². The molecule has 4 fully saturated rings. The van der Waals surface area contributed by atoms with Gasteiger partial charge in [0.2, 0.25) is 0 Å². The van der Waals surface area contributed by atoms with Crippen LogP contribution >= 0.6 is 0 Å². The van der Waals surface area contributed by atoms with Crippen LogP contribution in [0.5, 0.6) is 0 Å². The summed E-state index contributed by atoms with van der Waals surface area (Å²) in [6.45, 7) is 15.6. The van der Waals surface area contributed by atoms with Crippen molar-refractivity contribution in [1.82, 2.24) is 0 Å². The van der Waals surface area contributed by atoms with Crippen LogP contribution in [0.1, 0.15) is 92.9 Å². The molecule has 0 N–H and O–H groups in total. The zero-order valence-electron chi connectivity index (χ0n) is 17.6. The minimum Gasteiger partial charge on any atom is -0.0738 e. The molecule has 0 bridgehead atoms. The number of fused-ring (bicyclic) bond motifs is 7. The van der Waals surface area contributed by atoms with E-state index in [1.165, 1.54) is 44.9 Å². The van der Waals surface area contributed by atoms with Crippen molar-refractivity contribution in [2.75, 3.05) is 0 Å². The lowest BCUT2D eigenvalue weighted by Crippen LogP contribution is -2.48. The fourth-order valence-corrected chi connectivity index (χ4v) is 9.00. The first-order chi connectivity index (χ1) is 11.7. The fraction of sp³-hybridized carbons (Fsp3) is 0.920. The summed E-state index contributed by atoms with van der Waals surface area (Å²) in [5.74, 6) is 5.88. The molecule has 0 heteroatoms. The molecule has 5 aliphatic rings. The van der Waals surface area contributed by atoms with Crippen LogP contribution in [0, 0.1) is 51.8 Å². The molecule has 0 saturated heterocycles. The van der Waals surface area contributed by atoms with Gasteiger partial charge in [-0.15, -0.1) is 0 Å². The van der Waals surface area contributed by atoms with Crippen molar-refractivity contribution in [2.24, 2.45) is 51.8 Å². The summed E-state index contributed by atoms with van der Waals surface area (Å²) >= 11 is 0. The van der Waals surface area contributed by atoms with Gasteiger partial charge in [-0.3, -0.25) is 0 Å². The Morgan fingerprint density at radius 3 is 2.36 bits per heavy atom. The third-order valence-corrected chi connectivity index (χ3v) is 10.6. The Morgan fingerprint density at radius 2 is 1.64 bits per heavy atom. The second-order valence-electron chi connectivity index (χ2n) is 12.2. The molecule has 0 aliphatic heterocycles. The van der Waals surface area contributed by atoms with Crippen LogP contribution in [0.25, 0.3) is 0 Å². The Hall–Kier alpha value is -0.260. The highest BCUT2D eigenvalue weighted by molar-refractivity contribution is 5.33. The summed E-state index contributed by atoms with van der Waals surface area (Å²) in [5, 5.41) is 0. The van der Waals surface area contributed by atoms with Crippen molar-refractivity contribution >= 4 is 0 Å². The van der Waals surface area contributed by atoms with Gasteiger partial charge in [0.25, 0.3) is 0 Å². The molecule has 0 spiro atoms. The van der Waals surface area contributed by atoms with Crippen LogP contribution < -0.4 is 0 Å². The van der Waals surface area contributed by atoms with Gasteiger partial charge in [-0.05, 0) is 110 Å². The van der Waals surface area contributed by atoms with E-state index in [4.69, 9.17) is 0 Å². The summed E-state index contributed by atoms with van der Waals surface area (Å²) in [5.41, 5.74) is 5.65. The molecular weight excluding hydrogens is 300 g/mol. The van der Waals surface area contributed by atoms with Gasteiger partial charge in [0.1, 0.15) is 0 Å². The van der Waals surface area contributed by atoms with Gasteiger partial charge in [-0.2, -0.15) is 0 Å². The highest BCUT2D eigenvalue weighted by Crippen LogP contribution is 2.77. The van der Waals surface area contributed by atoms with E-state index in [2.05, 4.69) is 41.5 Å². The minimum atomic E-state index is 0.597. The van der Waals surface area contributed by atoms with Crippen molar-refractivity contribution in [2.45, 2.75) is 92.9 Å². The van der Waals surface area contributed by atoms with E-state index < -0.39 is 0 Å². The first-order valence-corrected chi connectivity index (χ1v) is 11.4. The van der Waals surface area contributed by atoms with E-state index in [1.807, 2.05) is 5.57 Å². The van der Waals surface area contributed by atoms with Gasteiger partial charge < -0.3 is 0 Å². The Kier molecular flexibility index (Phi) is 3.35. The molecule has 0 radical (unpaired) electrons. The Labute approximate surface area is 156 Å². The lowest BCUT2D eigenvalue weighted by molar-refractivity contribution is -0.0584.